The van der Waals surface area contributed by atoms with Gasteiger partial charge in [-0.15, -0.1) is 0 Å². The van der Waals surface area contributed by atoms with E-state index in [-0.39, 0.29) is 0 Å². The van der Waals surface area contributed by atoms with Gasteiger partial charge in [0.1, 0.15) is 12.4 Å². The zero-order valence-corrected chi connectivity index (χ0v) is 11.2. The van der Waals surface area contributed by atoms with E-state index >= 15 is 0 Å². The summed E-state index contributed by atoms with van der Waals surface area (Å²) in [6.07, 6.45) is 3.89. The average molecular weight is 268 g/mol. The summed E-state index contributed by atoms with van der Waals surface area (Å²) >= 11 is 0. The normalized spacial score (nSPS) is 10.7. The van der Waals surface area contributed by atoms with Gasteiger partial charge in [0.2, 0.25) is 0 Å². The minimum Gasteiger partial charge on any atom is -0.490 e. The van der Waals surface area contributed by atoms with E-state index in [1.54, 1.807) is 24.3 Å². The average Bonchev–Trinajstić information content (AvgIpc) is 2.48. The lowest BCUT2D eigenvalue weighted by atomic mass is 10.0. The topological polar surface area (TPSA) is 46.5 Å². The fourth-order valence-electron chi connectivity index (χ4n) is 1.79. The van der Waals surface area contributed by atoms with Gasteiger partial charge in [-0.3, -0.25) is 0 Å². The molecule has 0 spiro atoms. The maximum Gasteiger partial charge on any atom is 0.335 e. The van der Waals surface area contributed by atoms with Gasteiger partial charge in [0.25, 0.3) is 0 Å². The second-order valence-corrected chi connectivity index (χ2v) is 4.29. The lowest BCUT2D eigenvalue weighted by Crippen LogP contribution is -1.95. The van der Waals surface area contributed by atoms with E-state index in [1.165, 1.54) is 0 Å². The highest BCUT2D eigenvalue weighted by atomic mass is 16.5. The van der Waals surface area contributed by atoms with Gasteiger partial charge in [-0.05, 0) is 42.3 Å². The first-order valence-corrected chi connectivity index (χ1v) is 6.38. The fraction of sp³-hybridized carbons (Fsp3) is 0.118. The molecule has 0 aromatic heterocycles. The van der Waals surface area contributed by atoms with Crippen LogP contribution in [0.1, 0.15) is 17.3 Å². The van der Waals surface area contributed by atoms with Crippen LogP contribution in [0.2, 0.25) is 0 Å². The molecule has 3 heteroatoms. The van der Waals surface area contributed by atoms with Crippen molar-refractivity contribution in [3.63, 3.8) is 0 Å². The van der Waals surface area contributed by atoms with Gasteiger partial charge in [-0.25, -0.2) is 4.79 Å². The van der Waals surface area contributed by atoms with E-state index in [4.69, 9.17) is 9.84 Å². The number of carbonyl (C=O) groups is 1. The van der Waals surface area contributed by atoms with E-state index in [1.807, 2.05) is 43.3 Å². The smallest absolute Gasteiger partial charge is 0.335 e. The van der Waals surface area contributed by atoms with Crippen LogP contribution in [-0.4, -0.2) is 17.7 Å². The van der Waals surface area contributed by atoms with E-state index in [9.17, 15) is 4.79 Å². The van der Waals surface area contributed by atoms with Crippen LogP contribution in [0.15, 0.2) is 60.7 Å². The quantitative estimate of drug-likeness (QED) is 0.833. The number of ether oxygens (including phenoxy) is 1. The first-order chi connectivity index (χ1) is 9.70. The molecule has 0 fully saturated rings. The number of hydrogen-bond acceptors (Lipinski definition) is 2. The van der Waals surface area contributed by atoms with Crippen LogP contribution in [0.4, 0.5) is 0 Å². The van der Waals surface area contributed by atoms with Gasteiger partial charge in [-0.1, -0.05) is 36.4 Å². The molecule has 0 saturated carbocycles. The summed E-state index contributed by atoms with van der Waals surface area (Å²) < 4.78 is 5.52. The van der Waals surface area contributed by atoms with Crippen LogP contribution in [0, 0.1) is 0 Å². The molecule has 0 heterocycles. The van der Waals surface area contributed by atoms with Crippen LogP contribution < -0.4 is 4.74 Å². The van der Waals surface area contributed by atoms with Gasteiger partial charge in [0.15, 0.2) is 0 Å². The Morgan fingerprint density at radius 1 is 1.05 bits per heavy atom. The van der Waals surface area contributed by atoms with Crippen LogP contribution in [0.3, 0.4) is 0 Å². The molecule has 0 bridgehead atoms. The number of carboxylic acid groups (broad SMARTS) is 1. The molecule has 0 aliphatic carbocycles. The fourth-order valence-corrected chi connectivity index (χ4v) is 1.79. The third-order valence-corrected chi connectivity index (χ3v) is 2.90. The monoisotopic (exact) mass is 268 g/mol. The SMILES string of the molecule is C/C=C/COc1ccc(-c2ccc(C(=O)O)cc2)cc1. The van der Waals surface area contributed by atoms with Crippen LogP contribution >= 0.6 is 0 Å². The minimum atomic E-state index is -0.913. The summed E-state index contributed by atoms with van der Waals surface area (Å²) in [4.78, 5) is 10.8. The summed E-state index contributed by atoms with van der Waals surface area (Å²) in [7, 11) is 0. The lowest BCUT2D eigenvalue weighted by molar-refractivity contribution is 0.0697. The molecule has 2 rings (SSSR count). The maximum absolute atomic E-state index is 10.8. The van der Waals surface area contributed by atoms with Crippen molar-refractivity contribution in [2.24, 2.45) is 0 Å². The first-order valence-electron chi connectivity index (χ1n) is 6.38. The molecule has 3 nitrogen and oxygen atoms in total. The summed E-state index contributed by atoms with van der Waals surface area (Å²) in [5.41, 5.74) is 2.30. The molecule has 0 radical (unpaired) electrons. The Balaban J connectivity index is 2.11. The molecule has 0 unspecified atom stereocenters. The predicted molar refractivity (Wildman–Crippen MR) is 79.1 cm³/mol. The largest absolute Gasteiger partial charge is 0.490 e. The lowest BCUT2D eigenvalue weighted by Gasteiger charge is -2.06. The molecule has 1 N–H and O–H groups in total. The van der Waals surface area contributed by atoms with Crippen molar-refractivity contribution in [3.05, 3.63) is 66.2 Å². The Bertz CT molecular complexity index is 595. The Morgan fingerprint density at radius 3 is 2.10 bits per heavy atom. The Labute approximate surface area is 118 Å². The highest BCUT2D eigenvalue weighted by Crippen LogP contribution is 2.22. The van der Waals surface area contributed by atoms with Crippen molar-refractivity contribution in [1.82, 2.24) is 0 Å². The van der Waals surface area contributed by atoms with Gasteiger partial charge < -0.3 is 9.84 Å². The molecule has 0 atom stereocenters. The molecule has 2 aromatic carbocycles. The number of benzene rings is 2. The summed E-state index contributed by atoms with van der Waals surface area (Å²) in [5, 5.41) is 8.86. The van der Waals surface area contributed by atoms with Crippen molar-refractivity contribution in [3.8, 4) is 16.9 Å². The number of rotatable bonds is 5. The molecule has 20 heavy (non-hydrogen) atoms. The number of allylic oxidation sites excluding steroid dienone is 1. The summed E-state index contributed by atoms with van der Waals surface area (Å²) in [6, 6.07) is 14.6. The molecule has 0 aliphatic heterocycles. The molecule has 2 aromatic rings. The Hall–Kier alpha value is -2.55. The van der Waals surface area contributed by atoms with Gasteiger partial charge in [-0.2, -0.15) is 0 Å². The van der Waals surface area contributed by atoms with Crippen LogP contribution in [0.5, 0.6) is 5.75 Å². The minimum absolute atomic E-state index is 0.292. The maximum atomic E-state index is 10.8. The number of aromatic carboxylic acids is 1. The van der Waals surface area contributed by atoms with Crippen molar-refractivity contribution in [1.29, 1.82) is 0 Å². The first kappa shape index (κ1) is 13.9. The van der Waals surface area contributed by atoms with Crippen LogP contribution in [-0.2, 0) is 0 Å². The molecular weight excluding hydrogens is 252 g/mol. The summed E-state index contributed by atoms with van der Waals surface area (Å²) in [6.45, 7) is 2.51. The van der Waals surface area contributed by atoms with Crippen molar-refractivity contribution >= 4 is 5.97 Å². The van der Waals surface area contributed by atoms with E-state index in [0.29, 0.717) is 12.2 Å². The molecule has 102 valence electrons. The highest BCUT2D eigenvalue weighted by Gasteiger charge is 2.03. The summed E-state index contributed by atoms with van der Waals surface area (Å²) in [5.74, 6) is -0.0988. The number of carboxylic acids is 1. The zero-order valence-electron chi connectivity index (χ0n) is 11.2. The third kappa shape index (κ3) is 3.48. The Morgan fingerprint density at radius 2 is 1.60 bits per heavy atom. The molecule has 0 amide bonds. The van der Waals surface area contributed by atoms with Crippen LogP contribution in [0.25, 0.3) is 11.1 Å². The van der Waals surface area contributed by atoms with E-state index in [2.05, 4.69) is 0 Å². The molecule has 0 saturated heterocycles. The number of hydrogen-bond donors (Lipinski definition) is 1. The third-order valence-electron chi connectivity index (χ3n) is 2.90. The Kier molecular flexibility index (Phi) is 4.56. The van der Waals surface area contributed by atoms with E-state index < -0.39 is 5.97 Å². The zero-order chi connectivity index (χ0) is 14.4. The molecule has 0 aliphatic rings. The van der Waals surface area contributed by atoms with Crippen molar-refractivity contribution in [2.45, 2.75) is 6.92 Å². The second kappa shape index (κ2) is 6.57. The van der Waals surface area contributed by atoms with Crippen molar-refractivity contribution < 1.29 is 14.6 Å². The van der Waals surface area contributed by atoms with E-state index in [0.717, 1.165) is 16.9 Å². The molecular formula is C17H16O3. The standard InChI is InChI=1S/C17H16O3/c1-2-3-12-20-16-10-8-14(9-11-16)13-4-6-15(7-5-13)17(18)19/h2-11H,12H2,1H3,(H,18,19)/b3-2+. The second-order valence-electron chi connectivity index (χ2n) is 4.29. The van der Waals surface area contributed by atoms with Gasteiger partial charge >= 0.3 is 5.97 Å². The predicted octanol–water partition coefficient (Wildman–Crippen LogP) is 4.01. The van der Waals surface area contributed by atoms with Crippen molar-refractivity contribution in [2.75, 3.05) is 6.61 Å². The van der Waals surface area contributed by atoms with Gasteiger partial charge in [0, 0.05) is 0 Å². The highest BCUT2D eigenvalue weighted by molar-refractivity contribution is 5.88. The van der Waals surface area contributed by atoms with Gasteiger partial charge in [0.05, 0.1) is 5.56 Å².